The predicted octanol–water partition coefficient (Wildman–Crippen LogP) is 6.79. The molecule has 0 radical (unpaired) electrons. The summed E-state index contributed by atoms with van der Waals surface area (Å²) in [6.45, 7) is 3.52. The number of aliphatic hydroxyl groups is 7. The van der Waals surface area contributed by atoms with Crippen molar-refractivity contribution in [2.45, 2.75) is 229 Å². The van der Waals surface area contributed by atoms with E-state index in [9.17, 15) is 40.5 Å². The second-order valence-corrected chi connectivity index (χ2v) is 17.3. The molecule has 7 N–H and O–H groups in total. The van der Waals surface area contributed by atoms with Crippen LogP contribution in [0.2, 0.25) is 0 Å². The van der Waals surface area contributed by atoms with Crippen molar-refractivity contribution in [3.05, 3.63) is 48.6 Å². The summed E-state index contributed by atoms with van der Waals surface area (Å²) in [5, 5.41) is 72.0. The number of carbonyl (C=O) groups is 1. The molecule has 14 heteroatoms. The number of allylic oxidation sites excluding steroid dienone is 8. The lowest BCUT2D eigenvalue weighted by molar-refractivity contribution is -0.332. The molecule has 0 bridgehead atoms. The van der Waals surface area contributed by atoms with Crippen molar-refractivity contribution in [1.82, 2.24) is 0 Å². The lowest BCUT2D eigenvalue weighted by Gasteiger charge is -2.42. The largest absolute Gasteiger partial charge is 0.457 e. The first-order valence-corrected chi connectivity index (χ1v) is 24.7. The average Bonchev–Trinajstić information content (AvgIpc) is 3.29. The maximum atomic E-state index is 13.0. The Labute approximate surface area is 384 Å². The van der Waals surface area contributed by atoms with Gasteiger partial charge in [-0.25, -0.2) is 0 Å². The zero-order valence-electron chi connectivity index (χ0n) is 39.3. The van der Waals surface area contributed by atoms with Gasteiger partial charge in [-0.15, -0.1) is 0 Å². The standard InChI is InChI=1S/C50H88O14/c1-3-5-7-9-11-13-15-17-19-21-23-25-27-29-31-33-42(52)62-39(36-59-34-32-30-28-26-24-22-20-18-16-14-12-10-8-6-4-2)37-60-49-48(58)46(56)44(54)41(64-49)38-61-50-47(57)45(55)43(53)40(35-51)63-50/h5,7,11,13,16-19,39-41,43-51,53-58H,3-4,6,8-10,12,14-15,20-38H2,1-2H3/b7-5-,13-11-,18-16-,19-17-. The van der Waals surface area contributed by atoms with E-state index in [1.165, 1.54) is 57.8 Å². The summed E-state index contributed by atoms with van der Waals surface area (Å²) in [6, 6.07) is 0. The Morgan fingerprint density at radius 3 is 1.61 bits per heavy atom. The summed E-state index contributed by atoms with van der Waals surface area (Å²) in [5.41, 5.74) is 0. The highest BCUT2D eigenvalue weighted by atomic mass is 16.7. The van der Waals surface area contributed by atoms with Crippen molar-refractivity contribution in [3.8, 4) is 0 Å². The van der Waals surface area contributed by atoms with Gasteiger partial charge in [0.05, 0.1) is 26.4 Å². The van der Waals surface area contributed by atoms with Crippen LogP contribution in [-0.2, 0) is 33.2 Å². The SMILES string of the molecule is CC/C=C\C/C=C\C/C=C\CCCCCCCC(=O)OC(COCCCCCCCC/C=C\CCCCCCC)COC1OC(COC2OC(CO)C(O)C(O)C2O)C(O)C(O)C1O. The van der Waals surface area contributed by atoms with Crippen LogP contribution in [0.4, 0.5) is 0 Å². The van der Waals surface area contributed by atoms with E-state index in [-0.39, 0.29) is 19.6 Å². The van der Waals surface area contributed by atoms with Crippen LogP contribution in [0, 0.1) is 0 Å². The highest BCUT2D eigenvalue weighted by Crippen LogP contribution is 2.26. The van der Waals surface area contributed by atoms with Crippen molar-refractivity contribution in [3.63, 3.8) is 0 Å². The fraction of sp³-hybridized carbons (Fsp3) is 0.820. The van der Waals surface area contributed by atoms with Gasteiger partial charge < -0.3 is 64.2 Å². The van der Waals surface area contributed by atoms with Crippen LogP contribution in [0.15, 0.2) is 48.6 Å². The molecule has 11 atom stereocenters. The lowest BCUT2D eigenvalue weighted by atomic mass is 9.98. The minimum Gasteiger partial charge on any atom is -0.457 e. The van der Waals surface area contributed by atoms with Crippen LogP contribution in [-0.4, -0.2) is 142 Å². The second-order valence-electron chi connectivity index (χ2n) is 17.3. The van der Waals surface area contributed by atoms with Gasteiger partial charge in [0, 0.05) is 13.0 Å². The van der Waals surface area contributed by atoms with Crippen molar-refractivity contribution < 1.29 is 69.0 Å². The van der Waals surface area contributed by atoms with E-state index in [4.69, 9.17) is 28.4 Å². The Kier molecular flexibility index (Phi) is 34.5. The first-order valence-electron chi connectivity index (χ1n) is 24.7. The van der Waals surface area contributed by atoms with Gasteiger partial charge in [0.1, 0.15) is 54.9 Å². The fourth-order valence-electron chi connectivity index (χ4n) is 7.53. The Hall–Kier alpha value is -2.05. The third kappa shape index (κ3) is 25.7. The zero-order valence-corrected chi connectivity index (χ0v) is 39.3. The molecule has 0 spiro atoms. The summed E-state index contributed by atoms with van der Waals surface area (Å²) in [7, 11) is 0. The molecule has 0 aromatic heterocycles. The van der Waals surface area contributed by atoms with Gasteiger partial charge in [-0.2, -0.15) is 0 Å². The Morgan fingerprint density at radius 2 is 1.02 bits per heavy atom. The van der Waals surface area contributed by atoms with Crippen LogP contribution < -0.4 is 0 Å². The number of carbonyl (C=O) groups excluding carboxylic acids is 1. The number of hydrogen-bond donors (Lipinski definition) is 7. The highest BCUT2D eigenvalue weighted by molar-refractivity contribution is 5.69. The molecule has 0 amide bonds. The summed E-state index contributed by atoms with van der Waals surface area (Å²) >= 11 is 0. The zero-order chi connectivity index (χ0) is 46.6. The summed E-state index contributed by atoms with van der Waals surface area (Å²) in [5.74, 6) is -0.397. The second kappa shape index (κ2) is 38.0. The van der Waals surface area contributed by atoms with Crippen LogP contribution >= 0.6 is 0 Å². The minimum atomic E-state index is -1.71. The van der Waals surface area contributed by atoms with Gasteiger partial charge in [0.25, 0.3) is 0 Å². The van der Waals surface area contributed by atoms with Crippen molar-refractivity contribution in [2.24, 2.45) is 0 Å². The molecule has 2 saturated heterocycles. The van der Waals surface area contributed by atoms with E-state index < -0.39 is 86.7 Å². The summed E-state index contributed by atoms with van der Waals surface area (Å²) in [6.07, 6.45) is 26.0. The molecule has 64 heavy (non-hydrogen) atoms. The van der Waals surface area contributed by atoms with Gasteiger partial charge in [-0.3, -0.25) is 4.79 Å². The Balaban J connectivity index is 1.80. The van der Waals surface area contributed by atoms with Gasteiger partial charge in [-0.1, -0.05) is 133 Å². The minimum absolute atomic E-state index is 0.0491. The quantitative estimate of drug-likeness (QED) is 0.0193. The van der Waals surface area contributed by atoms with E-state index in [1.807, 2.05) is 0 Å². The molecule has 2 aliphatic heterocycles. The molecule has 372 valence electrons. The number of rotatable bonds is 38. The van der Waals surface area contributed by atoms with Crippen molar-refractivity contribution in [2.75, 3.05) is 33.0 Å². The van der Waals surface area contributed by atoms with E-state index >= 15 is 0 Å². The van der Waals surface area contributed by atoms with E-state index in [2.05, 4.69) is 62.5 Å². The molecule has 14 nitrogen and oxygen atoms in total. The number of unbranched alkanes of at least 4 members (excludes halogenated alkanes) is 16. The molecular formula is C50H88O14. The van der Waals surface area contributed by atoms with Crippen molar-refractivity contribution in [1.29, 1.82) is 0 Å². The lowest BCUT2D eigenvalue weighted by Crippen LogP contribution is -2.61. The van der Waals surface area contributed by atoms with E-state index in [0.717, 1.165) is 77.0 Å². The van der Waals surface area contributed by atoms with E-state index in [0.29, 0.717) is 13.0 Å². The van der Waals surface area contributed by atoms with Gasteiger partial charge >= 0.3 is 5.97 Å². The molecule has 2 rings (SSSR count). The number of aliphatic hydroxyl groups excluding tert-OH is 7. The summed E-state index contributed by atoms with van der Waals surface area (Å²) < 4.78 is 34.2. The third-order valence-corrected chi connectivity index (χ3v) is 11.6. The molecular weight excluding hydrogens is 825 g/mol. The first kappa shape index (κ1) is 58.1. The molecule has 2 heterocycles. The molecule has 0 aromatic carbocycles. The van der Waals surface area contributed by atoms with Crippen LogP contribution in [0.3, 0.4) is 0 Å². The molecule has 0 aliphatic carbocycles. The monoisotopic (exact) mass is 913 g/mol. The van der Waals surface area contributed by atoms with Gasteiger partial charge in [0.15, 0.2) is 12.6 Å². The maximum absolute atomic E-state index is 13.0. The van der Waals surface area contributed by atoms with E-state index in [1.54, 1.807) is 0 Å². The average molecular weight is 913 g/mol. The first-order chi connectivity index (χ1) is 31.1. The summed E-state index contributed by atoms with van der Waals surface area (Å²) in [4.78, 5) is 13.0. The fourth-order valence-corrected chi connectivity index (χ4v) is 7.53. The number of esters is 1. The van der Waals surface area contributed by atoms with Crippen molar-refractivity contribution >= 4 is 5.97 Å². The molecule has 11 unspecified atom stereocenters. The predicted molar refractivity (Wildman–Crippen MR) is 247 cm³/mol. The van der Waals surface area contributed by atoms with Crippen LogP contribution in [0.5, 0.6) is 0 Å². The molecule has 2 fully saturated rings. The topological polar surface area (TPSA) is 214 Å². The number of ether oxygens (including phenoxy) is 6. The normalized spacial score (nSPS) is 27.1. The number of hydrogen-bond acceptors (Lipinski definition) is 14. The molecule has 0 aromatic rings. The van der Waals surface area contributed by atoms with Gasteiger partial charge in [-0.05, 0) is 70.6 Å². The van der Waals surface area contributed by atoms with Crippen LogP contribution in [0.1, 0.15) is 162 Å². The maximum Gasteiger partial charge on any atom is 0.306 e. The smallest absolute Gasteiger partial charge is 0.306 e. The molecule has 0 saturated carbocycles. The molecule has 2 aliphatic rings. The Morgan fingerprint density at radius 1 is 0.531 bits per heavy atom. The van der Waals surface area contributed by atoms with Crippen LogP contribution in [0.25, 0.3) is 0 Å². The third-order valence-electron chi connectivity index (χ3n) is 11.6. The Bertz CT molecular complexity index is 1240. The van der Waals surface area contributed by atoms with Gasteiger partial charge in [0.2, 0.25) is 0 Å². The highest BCUT2D eigenvalue weighted by Gasteiger charge is 2.47.